The molecular formula is C24H35NO5. The molecule has 2 aliphatic carbocycles. The summed E-state index contributed by atoms with van der Waals surface area (Å²) in [5.41, 5.74) is 1.33. The standard InChI is InChI=1S/C24H35NO5/c1-15(26)25-22-23(2,3)17-13-18-21(30-9-8-24(18,22)14-17)16-6-7-19(28-5)20(12-16)29-11-10-27-4/h6-7,12,17-18,21-22H,8-11,13-14H2,1-5H3,(H,25,26)/t17-,18-,21-,22+,24-/m1/s1. The van der Waals surface area contributed by atoms with Gasteiger partial charge in [-0.05, 0) is 59.6 Å². The van der Waals surface area contributed by atoms with Crippen molar-refractivity contribution in [3.05, 3.63) is 23.8 Å². The summed E-state index contributed by atoms with van der Waals surface area (Å²) in [6.45, 7) is 7.99. The second-order valence-electron chi connectivity index (χ2n) is 9.72. The number of methoxy groups -OCH3 is 2. The molecule has 0 aromatic heterocycles. The van der Waals surface area contributed by atoms with Crippen molar-refractivity contribution < 1.29 is 23.7 Å². The van der Waals surface area contributed by atoms with Crippen LogP contribution in [0, 0.1) is 22.7 Å². The van der Waals surface area contributed by atoms with E-state index in [-0.39, 0.29) is 28.9 Å². The molecule has 1 saturated heterocycles. The number of ether oxygens (including phenoxy) is 4. The number of rotatable bonds is 7. The van der Waals surface area contributed by atoms with Gasteiger partial charge in [-0.1, -0.05) is 19.9 Å². The first-order valence-electron chi connectivity index (χ1n) is 11.0. The molecule has 30 heavy (non-hydrogen) atoms. The Bertz CT molecular complexity index is 794. The van der Waals surface area contributed by atoms with Crippen LogP contribution in [-0.4, -0.2) is 46.0 Å². The fraction of sp³-hybridized carbons (Fsp3) is 0.708. The van der Waals surface area contributed by atoms with Gasteiger partial charge in [0.25, 0.3) is 0 Å². The van der Waals surface area contributed by atoms with E-state index in [2.05, 4.69) is 31.3 Å². The van der Waals surface area contributed by atoms with Crippen molar-refractivity contribution in [1.82, 2.24) is 5.32 Å². The van der Waals surface area contributed by atoms with Gasteiger partial charge in [0.1, 0.15) is 6.61 Å². The molecule has 3 aliphatic rings. The summed E-state index contributed by atoms with van der Waals surface area (Å²) in [6.07, 6.45) is 3.32. The fourth-order valence-electron chi connectivity index (χ4n) is 6.54. The Morgan fingerprint density at radius 2 is 2.03 bits per heavy atom. The highest BCUT2D eigenvalue weighted by molar-refractivity contribution is 5.73. The SMILES string of the molecule is COCCOc1cc([C@H]2OCC[C@@]34C[C@@H](C[C@H]23)C(C)(C)[C@@H]4NC(C)=O)ccc1OC. The molecule has 1 amide bonds. The van der Waals surface area contributed by atoms with Gasteiger partial charge < -0.3 is 24.3 Å². The minimum absolute atomic E-state index is 0.00629. The molecule has 3 fully saturated rings. The van der Waals surface area contributed by atoms with Crippen molar-refractivity contribution >= 4 is 5.91 Å². The molecule has 6 nitrogen and oxygen atoms in total. The van der Waals surface area contributed by atoms with Gasteiger partial charge in [-0.25, -0.2) is 0 Å². The van der Waals surface area contributed by atoms with Gasteiger partial charge in [0.05, 0.1) is 19.8 Å². The minimum atomic E-state index is 0.00629. The molecule has 1 aromatic carbocycles. The monoisotopic (exact) mass is 417 g/mol. The summed E-state index contributed by atoms with van der Waals surface area (Å²) in [4.78, 5) is 12.0. The van der Waals surface area contributed by atoms with Crippen LogP contribution in [0.1, 0.15) is 51.7 Å². The Morgan fingerprint density at radius 1 is 1.23 bits per heavy atom. The van der Waals surface area contributed by atoms with Crippen LogP contribution in [0.25, 0.3) is 0 Å². The molecule has 1 heterocycles. The predicted molar refractivity (Wildman–Crippen MR) is 114 cm³/mol. The zero-order valence-electron chi connectivity index (χ0n) is 18.8. The largest absolute Gasteiger partial charge is 0.493 e. The summed E-state index contributed by atoms with van der Waals surface area (Å²) in [7, 11) is 3.31. The molecule has 6 heteroatoms. The lowest BCUT2D eigenvalue weighted by molar-refractivity contribution is -0.136. The van der Waals surface area contributed by atoms with E-state index in [4.69, 9.17) is 18.9 Å². The second kappa shape index (κ2) is 8.04. The van der Waals surface area contributed by atoms with Crippen LogP contribution in [0.4, 0.5) is 0 Å². The molecule has 2 bridgehead atoms. The molecule has 2 saturated carbocycles. The number of fused-ring (bicyclic) bond motifs is 1. The number of hydrogen-bond donors (Lipinski definition) is 1. The van der Waals surface area contributed by atoms with E-state index in [9.17, 15) is 4.79 Å². The van der Waals surface area contributed by atoms with E-state index in [1.165, 1.54) is 6.42 Å². The second-order valence-corrected chi connectivity index (χ2v) is 9.72. The van der Waals surface area contributed by atoms with Gasteiger partial charge in [-0.3, -0.25) is 4.79 Å². The third-order valence-corrected chi connectivity index (χ3v) is 7.91. The summed E-state index contributed by atoms with van der Waals surface area (Å²) in [6, 6.07) is 6.30. The molecular weight excluding hydrogens is 382 g/mol. The van der Waals surface area contributed by atoms with Gasteiger partial charge in [0.2, 0.25) is 5.91 Å². The average molecular weight is 418 g/mol. The maximum Gasteiger partial charge on any atom is 0.217 e. The first-order valence-corrected chi connectivity index (χ1v) is 11.0. The maximum atomic E-state index is 12.0. The number of amides is 1. The highest BCUT2D eigenvalue weighted by atomic mass is 16.5. The van der Waals surface area contributed by atoms with E-state index in [1.54, 1.807) is 21.1 Å². The molecule has 1 aromatic rings. The maximum absolute atomic E-state index is 12.0. The average Bonchev–Trinajstić information content (AvgIpc) is 3.20. The quantitative estimate of drug-likeness (QED) is 0.685. The van der Waals surface area contributed by atoms with Gasteiger partial charge in [0.15, 0.2) is 11.5 Å². The van der Waals surface area contributed by atoms with Crippen LogP contribution in [-0.2, 0) is 14.3 Å². The van der Waals surface area contributed by atoms with E-state index < -0.39 is 0 Å². The van der Waals surface area contributed by atoms with Crippen molar-refractivity contribution in [2.45, 2.75) is 52.2 Å². The normalized spacial score (nSPS) is 33.8. The van der Waals surface area contributed by atoms with Crippen molar-refractivity contribution in [2.75, 3.05) is 34.0 Å². The van der Waals surface area contributed by atoms with Crippen LogP contribution in [0.5, 0.6) is 11.5 Å². The van der Waals surface area contributed by atoms with E-state index in [0.717, 1.165) is 24.2 Å². The highest BCUT2D eigenvalue weighted by Gasteiger charge is 2.68. The van der Waals surface area contributed by atoms with E-state index in [1.807, 2.05) is 6.07 Å². The van der Waals surface area contributed by atoms with Gasteiger partial charge in [0, 0.05) is 26.7 Å². The lowest BCUT2D eigenvalue weighted by Crippen LogP contribution is -2.58. The molecule has 166 valence electrons. The summed E-state index contributed by atoms with van der Waals surface area (Å²) in [5, 5.41) is 3.34. The van der Waals surface area contributed by atoms with Crippen LogP contribution >= 0.6 is 0 Å². The van der Waals surface area contributed by atoms with Crippen LogP contribution in [0.3, 0.4) is 0 Å². The van der Waals surface area contributed by atoms with Crippen LogP contribution < -0.4 is 14.8 Å². The Hall–Kier alpha value is -1.79. The van der Waals surface area contributed by atoms with Crippen molar-refractivity contribution in [3.63, 3.8) is 0 Å². The Morgan fingerprint density at radius 3 is 2.73 bits per heavy atom. The molecule has 4 rings (SSSR count). The van der Waals surface area contributed by atoms with Crippen LogP contribution in [0.15, 0.2) is 18.2 Å². The summed E-state index contributed by atoms with van der Waals surface area (Å²) in [5.74, 6) is 2.48. The number of benzene rings is 1. The van der Waals surface area contributed by atoms with Crippen molar-refractivity contribution in [2.24, 2.45) is 22.7 Å². The zero-order valence-corrected chi connectivity index (χ0v) is 18.8. The third kappa shape index (κ3) is 3.38. The van der Waals surface area contributed by atoms with Gasteiger partial charge in [-0.15, -0.1) is 0 Å². The lowest BCUT2D eigenvalue weighted by Gasteiger charge is -2.53. The molecule has 0 unspecified atom stereocenters. The topological polar surface area (TPSA) is 66.0 Å². The molecule has 1 aliphatic heterocycles. The predicted octanol–water partition coefficient (Wildman–Crippen LogP) is 3.74. The third-order valence-electron chi connectivity index (χ3n) is 7.91. The lowest BCUT2D eigenvalue weighted by atomic mass is 9.59. The number of carbonyl (C=O) groups excluding carboxylic acids is 1. The van der Waals surface area contributed by atoms with Gasteiger partial charge in [-0.2, -0.15) is 0 Å². The molecule has 5 atom stereocenters. The van der Waals surface area contributed by atoms with E-state index >= 15 is 0 Å². The molecule has 0 radical (unpaired) electrons. The van der Waals surface area contributed by atoms with E-state index in [0.29, 0.717) is 37.4 Å². The van der Waals surface area contributed by atoms with Crippen molar-refractivity contribution in [1.29, 1.82) is 0 Å². The zero-order chi connectivity index (χ0) is 21.5. The molecule has 1 N–H and O–H groups in total. The van der Waals surface area contributed by atoms with Crippen LogP contribution in [0.2, 0.25) is 0 Å². The number of nitrogens with one attached hydrogen (secondary N) is 1. The number of hydrogen-bond acceptors (Lipinski definition) is 5. The van der Waals surface area contributed by atoms with Gasteiger partial charge >= 0.3 is 0 Å². The Kier molecular flexibility index (Phi) is 5.75. The Labute approximate surface area is 179 Å². The molecule has 1 spiro atoms. The number of carbonyl (C=O) groups is 1. The first kappa shape index (κ1) is 21.4. The smallest absolute Gasteiger partial charge is 0.217 e. The summed E-state index contributed by atoms with van der Waals surface area (Å²) >= 11 is 0. The highest BCUT2D eigenvalue weighted by Crippen LogP contribution is 2.70. The minimum Gasteiger partial charge on any atom is -0.493 e. The first-order chi connectivity index (χ1) is 14.3. The Balaban J connectivity index is 1.64. The van der Waals surface area contributed by atoms with Crippen molar-refractivity contribution in [3.8, 4) is 11.5 Å². The summed E-state index contributed by atoms with van der Waals surface area (Å²) < 4.78 is 22.9. The fourth-order valence-corrected chi connectivity index (χ4v) is 6.54.